The van der Waals surface area contributed by atoms with Crippen LogP contribution in [0.1, 0.15) is 30.1 Å². The minimum atomic E-state index is -3.79. The maximum absolute atomic E-state index is 12.8. The maximum Gasteiger partial charge on any atom is 0.263 e. The summed E-state index contributed by atoms with van der Waals surface area (Å²) < 4.78 is 54.4. The van der Waals surface area contributed by atoms with Gasteiger partial charge in [0.05, 0.1) is 9.79 Å². The first-order valence-electron chi connectivity index (χ1n) is 10.6. The van der Waals surface area contributed by atoms with E-state index in [-0.39, 0.29) is 20.5 Å². The van der Waals surface area contributed by atoms with E-state index in [1.807, 2.05) is 0 Å². The van der Waals surface area contributed by atoms with Gasteiger partial charge in [0.25, 0.3) is 15.9 Å². The van der Waals surface area contributed by atoms with Crippen LogP contribution in [0.2, 0.25) is 0 Å². The summed E-state index contributed by atoms with van der Waals surface area (Å²) in [4.78, 5) is 16.7. The van der Waals surface area contributed by atoms with Crippen molar-refractivity contribution in [3.05, 3.63) is 65.7 Å². The Morgan fingerprint density at radius 2 is 1.59 bits per heavy atom. The van der Waals surface area contributed by atoms with Gasteiger partial charge in [0.15, 0.2) is 5.13 Å². The van der Waals surface area contributed by atoms with Crippen LogP contribution < -0.4 is 10.0 Å². The van der Waals surface area contributed by atoms with Gasteiger partial charge in [-0.2, -0.15) is 4.31 Å². The highest BCUT2D eigenvalue weighted by atomic mass is 32.2. The zero-order valence-electron chi connectivity index (χ0n) is 18.3. The van der Waals surface area contributed by atoms with E-state index in [0.29, 0.717) is 24.7 Å². The molecule has 9 nitrogen and oxygen atoms in total. The fourth-order valence-corrected chi connectivity index (χ4v) is 6.78. The molecule has 0 aliphatic carbocycles. The van der Waals surface area contributed by atoms with Crippen LogP contribution in [-0.2, 0) is 20.0 Å². The number of anilines is 2. The van der Waals surface area contributed by atoms with Crippen molar-refractivity contribution in [1.29, 1.82) is 0 Å². The van der Waals surface area contributed by atoms with Crippen molar-refractivity contribution >= 4 is 48.1 Å². The molecular weight excluding hydrogens is 496 g/mol. The van der Waals surface area contributed by atoms with Crippen molar-refractivity contribution in [3.63, 3.8) is 0 Å². The molecule has 4 rings (SSSR count). The van der Waals surface area contributed by atoms with Crippen LogP contribution in [0, 0.1) is 5.92 Å². The zero-order valence-corrected chi connectivity index (χ0v) is 20.8. The highest BCUT2D eigenvalue weighted by Gasteiger charge is 2.28. The highest BCUT2D eigenvalue weighted by molar-refractivity contribution is 7.93. The van der Waals surface area contributed by atoms with Crippen LogP contribution >= 0.6 is 11.3 Å². The van der Waals surface area contributed by atoms with E-state index in [4.69, 9.17) is 0 Å². The number of rotatable bonds is 7. The van der Waals surface area contributed by atoms with Crippen molar-refractivity contribution in [2.75, 3.05) is 23.1 Å². The molecule has 1 aliphatic heterocycles. The Kier molecular flexibility index (Phi) is 7.03. The minimum Gasteiger partial charge on any atom is -0.322 e. The predicted octanol–water partition coefficient (Wildman–Crippen LogP) is 3.62. The largest absolute Gasteiger partial charge is 0.322 e. The Bertz CT molecular complexity index is 1350. The van der Waals surface area contributed by atoms with Gasteiger partial charge in [-0.3, -0.25) is 9.52 Å². The molecule has 0 atom stereocenters. The summed E-state index contributed by atoms with van der Waals surface area (Å²) >= 11 is 1.17. The van der Waals surface area contributed by atoms with Gasteiger partial charge >= 0.3 is 0 Å². The third kappa shape index (κ3) is 5.46. The summed E-state index contributed by atoms with van der Waals surface area (Å²) in [6.07, 6.45) is 3.17. The lowest BCUT2D eigenvalue weighted by atomic mass is 10.0. The van der Waals surface area contributed by atoms with Crippen LogP contribution in [0.5, 0.6) is 0 Å². The first kappa shape index (κ1) is 24.3. The molecule has 1 aliphatic rings. The average molecular weight is 521 g/mol. The van der Waals surface area contributed by atoms with Gasteiger partial charge < -0.3 is 5.32 Å². The average Bonchev–Trinajstić information content (AvgIpc) is 3.32. The number of hydrogen-bond acceptors (Lipinski definition) is 7. The molecule has 180 valence electrons. The first-order chi connectivity index (χ1) is 16.1. The Morgan fingerprint density at radius 3 is 2.18 bits per heavy atom. The van der Waals surface area contributed by atoms with Gasteiger partial charge in [-0.15, -0.1) is 11.3 Å². The predicted molar refractivity (Wildman–Crippen MR) is 131 cm³/mol. The topological polar surface area (TPSA) is 126 Å². The molecule has 2 heterocycles. The van der Waals surface area contributed by atoms with Gasteiger partial charge in [0, 0.05) is 35.9 Å². The molecular formula is C22H24N4O5S3. The van der Waals surface area contributed by atoms with E-state index in [0.717, 1.165) is 12.8 Å². The van der Waals surface area contributed by atoms with E-state index in [9.17, 15) is 21.6 Å². The van der Waals surface area contributed by atoms with Crippen LogP contribution in [0.15, 0.2) is 69.9 Å². The summed E-state index contributed by atoms with van der Waals surface area (Å²) in [6, 6.07) is 11.5. The molecule has 1 fully saturated rings. The molecule has 0 radical (unpaired) electrons. The van der Waals surface area contributed by atoms with Crippen LogP contribution in [0.4, 0.5) is 10.8 Å². The number of nitrogens with one attached hydrogen (secondary N) is 2. The Balaban J connectivity index is 1.41. The Hall–Kier alpha value is -2.80. The van der Waals surface area contributed by atoms with E-state index in [1.165, 1.54) is 70.4 Å². The number of carbonyl (C=O) groups is 1. The molecule has 0 bridgehead atoms. The molecule has 2 N–H and O–H groups in total. The van der Waals surface area contributed by atoms with E-state index in [2.05, 4.69) is 21.9 Å². The van der Waals surface area contributed by atoms with Gasteiger partial charge in [-0.05, 0) is 67.3 Å². The second kappa shape index (κ2) is 9.82. The van der Waals surface area contributed by atoms with Crippen molar-refractivity contribution in [1.82, 2.24) is 9.29 Å². The first-order valence-corrected chi connectivity index (χ1v) is 14.4. The zero-order chi connectivity index (χ0) is 24.3. The summed E-state index contributed by atoms with van der Waals surface area (Å²) in [6.45, 7) is 3.11. The van der Waals surface area contributed by atoms with Gasteiger partial charge in [0.1, 0.15) is 0 Å². The van der Waals surface area contributed by atoms with Gasteiger partial charge in [-0.25, -0.2) is 21.8 Å². The third-order valence-electron chi connectivity index (χ3n) is 5.57. The van der Waals surface area contributed by atoms with Gasteiger partial charge in [-0.1, -0.05) is 6.92 Å². The molecule has 12 heteroatoms. The monoisotopic (exact) mass is 520 g/mol. The Morgan fingerprint density at radius 1 is 0.971 bits per heavy atom. The number of carbonyl (C=O) groups excluding carboxylic acids is 1. The SMILES string of the molecule is CC1CCN(S(=O)(=O)c2ccc(C(=O)Nc3ccc(S(=O)(=O)Nc4nccs4)cc3)cc2)CC1. The number of aromatic nitrogens is 1. The number of sulfonamides is 2. The molecule has 1 amide bonds. The highest BCUT2D eigenvalue weighted by Crippen LogP contribution is 2.24. The Labute approximate surface area is 202 Å². The molecule has 2 aromatic carbocycles. The lowest BCUT2D eigenvalue weighted by Crippen LogP contribution is -2.37. The molecule has 0 saturated carbocycles. The standard InChI is InChI=1S/C22H24N4O5S3/c1-16-10-13-26(14-11-16)34(30,31)20-6-2-17(3-7-20)21(27)24-18-4-8-19(9-5-18)33(28,29)25-22-23-12-15-32-22/h2-9,12,15-16H,10-11,13-14H2,1H3,(H,23,25)(H,24,27). The molecule has 3 aromatic rings. The van der Waals surface area contributed by atoms with Crippen molar-refractivity contribution in [2.45, 2.75) is 29.6 Å². The molecule has 0 spiro atoms. The van der Waals surface area contributed by atoms with Crippen molar-refractivity contribution in [2.24, 2.45) is 5.92 Å². The molecule has 0 unspecified atom stereocenters. The number of hydrogen-bond donors (Lipinski definition) is 2. The lowest BCUT2D eigenvalue weighted by molar-refractivity contribution is 0.102. The normalized spacial score (nSPS) is 15.7. The number of thiazole rings is 1. The van der Waals surface area contributed by atoms with E-state index in [1.54, 1.807) is 5.38 Å². The molecule has 1 saturated heterocycles. The van der Waals surface area contributed by atoms with Crippen LogP contribution in [-0.4, -0.2) is 45.1 Å². The lowest BCUT2D eigenvalue weighted by Gasteiger charge is -2.29. The van der Waals surface area contributed by atoms with E-state index >= 15 is 0 Å². The summed E-state index contributed by atoms with van der Waals surface area (Å²) in [5.74, 6) is 0.0771. The molecule has 1 aromatic heterocycles. The number of piperidine rings is 1. The second-order valence-corrected chi connectivity index (χ2v) is 12.5. The minimum absolute atomic E-state index is 0.0300. The smallest absolute Gasteiger partial charge is 0.263 e. The molecule has 34 heavy (non-hydrogen) atoms. The quantitative estimate of drug-likeness (QED) is 0.490. The van der Waals surface area contributed by atoms with Crippen LogP contribution in [0.25, 0.3) is 0 Å². The van der Waals surface area contributed by atoms with Crippen molar-refractivity contribution < 1.29 is 21.6 Å². The van der Waals surface area contributed by atoms with Crippen molar-refractivity contribution in [3.8, 4) is 0 Å². The number of amides is 1. The summed E-state index contributed by atoms with van der Waals surface area (Å²) in [5, 5.41) is 4.61. The third-order valence-corrected chi connectivity index (χ3v) is 9.66. The second-order valence-electron chi connectivity index (χ2n) is 8.03. The number of benzene rings is 2. The number of nitrogens with zero attached hydrogens (tertiary/aromatic N) is 2. The van der Waals surface area contributed by atoms with Gasteiger partial charge in [0.2, 0.25) is 10.0 Å². The van der Waals surface area contributed by atoms with Crippen LogP contribution in [0.3, 0.4) is 0 Å². The fraction of sp³-hybridized carbons (Fsp3) is 0.273. The van der Waals surface area contributed by atoms with E-state index < -0.39 is 26.0 Å². The fourth-order valence-electron chi connectivity index (χ4n) is 3.52. The summed E-state index contributed by atoms with van der Waals surface area (Å²) in [5.41, 5.74) is 0.686. The maximum atomic E-state index is 12.8. The summed E-state index contributed by atoms with van der Waals surface area (Å²) in [7, 11) is -7.38.